The number of para-hydroxylation sites is 3. The summed E-state index contributed by atoms with van der Waals surface area (Å²) in [6, 6.07) is 72.7. The Bertz CT molecular complexity index is 4490. The maximum atomic E-state index is 6.43. The highest BCUT2D eigenvalue weighted by Crippen LogP contribution is 2.44. The minimum absolute atomic E-state index is 0.505. The zero-order chi connectivity index (χ0) is 47.2. The molecule has 5 heterocycles. The highest BCUT2D eigenvalue weighted by molar-refractivity contribution is 6.24. The Kier molecular flexibility index (Phi) is 9.13. The smallest absolute Gasteiger partial charge is 0.238 e. The van der Waals surface area contributed by atoms with Crippen LogP contribution in [0.2, 0.25) is 0 Å². The molecule has 7 nitrogen and oxygen atoms in total. The van der Waals surface area contributed by atoms with Gasteiger partial charge in [-0.3, -0.25) is 4.57 Å². The zero-order valence-electron chi connectivity index (χ0n) is 38.7. The van der Waals surface area contributed by atoms with E-state index in [9.17, 15) is 0 Å². The van der Waals surface area contributed by atoms with E-state index in [1.807, 2.05) is 60.7 Å². The second kappa shape index (κ2) is 16.0. The van der Waals surface area contributed by atoms with Gasteiger partial charge in [0.2, 0.25) is 5.95 Å². The minimum Gasteiger partial charge on any atom is -0.456 e. The molecule has 0 spiro atoms. The van der Waals surface area contributed by atoms with Crippen LogP contribution in [0.25, 0.3) is 134 Å². The Morgan fingerprint density at radius 1 is 0.437 bits per heavy atom. The van der Waals surface area contributed by atoms with Crippen molar-refractivity contribution in [3.63, 3.8) is 0 Å². The van der Waals surface area contributed by atoms with Gasteiger partial charge in [0.25, 0.3) is 0 Å². The molecule has 9 aromatic carbocycles. The summed E-state index contributed by atoms with van der Waals surface area (Å²) in [6.07, 6.45) is 6.00. The fourth-order valence-corrected chi connectivity index (χ4v) is 10.9. The van der Waals surface area contributed by atoms with E-state index in [4.69, 9.17) is 19.4 Å². The molecule has 14 rings (SSSR count). The second-order valence-electron chi connectivity index (χ2n) is 18.0. The number of hydrogen-bond donors (Lipinski definition) is 0. The number of aromatic nitrogens is 6. The lowest BCUT2D eigenvalue weighted by Gasteiger charge is -2.14. The summed E-state index contributed by atoms with van der Waals surface area (Å²) < 4.78 is 13.5. The van der Waals surface area contributed by atoms with E-state index in [0.717, 1.165) is 110 Å². The van der Waals surface area contributed by atoms with Gasteiger partial charge in [-0.15, -0.1) is 0 Å². The highest BCUT2D eigenvalue weighted by atomic mass is 16.3. The molecule has 5 aromatic heterocycles. The van der Waals surface area contributed by atoms with Gasteiger partial charge in [-0.25, -0.2) is 4.98 Å². The highest BCUT2D eigenvalue weighted by Gasteiger charge is 2.26. The molecule has 334 valence electrons. The SMILES string of the molecule is C=C/C=C\c1c(C)c2ccccc2n1-c1ccc2c(c1)c1ccc3c4ccccc4n(-c4cccc(-c5ccccc5)c4)c3c1n2-c1nc(-c2ccccc2)nc(-c2cccc3oc4ccccc4c23)n1. The standard InChI is InChI=1S/C64H42N6O/c1-3-4-29-53-40(2)46-25-11-14-30-54(46)68(53)45-34-37-56-52(39-45)49-36-35-48-47-26-12-15-31-55(47)69(44-24-17-23-43(38-44)41-19-7-5-8-20-41)60(48)61(49)70(56)64-66-62(42-21-9-6-10-22-42)65-63(67-64)51-28-18-33-58-59(51)50-27-13-16-32-57(50)71-58/h3-39H,1H2,2H3/b29-4-. The summed E-state index contributed by atoms with van der Waals surface area (Å²) in [5.74, 6) is 1.62. The van der Waals surface area contributed by atoms with Gasteiger partial charge in [-0.05, 0) is 84.3 Å². The van der Waals surface area contributed by atoms with Crippen LogP contribution in [0.5, 0.6) is 0 Å². The molecule has 7 heteroatoms. The molecule has 71 heavy (non-hydrogen) atoms. The molecule has 0 radical (unpaired) electrons. The number of benzene rings is 9. The fourth-order valence-electron chi connectivity index (χ4n) is 10.9. The van der Waals surface area contributed by atoms with Gasteiger partial charge < -0.3 is 13.6 Å². The topological polar surface area (TPSA) is 66.6 Å². The van der Waals surface area contributed by atoms with Crippen molar-refractivity contribution < 1.29 is 4.42 Å². The quantitative estimate of drug-likeness (QED) is 0.142. The van der Waals surface area contributed by atoms with E-state index >= 15 is 0 Å². The van der Waals surface area contributed by atoms with Crippen LogP contribution in [0.1, 0.15) is 11.3 Å². The average molecular weight is 911 g/mol. The van der Waals surface area contributed by atoms with Crippen molar-refractivity contribution in [2.45, 2.75) is 6.92 Å². The number of allylic oxidation sites excluding steroid dienone is 2. The minimum atomic E-state index is 0.505. The van der Waals surface area contributed by atoms with E-state index < -0.39 is 0 Å². The van der Waals surface area contributed by atoms with Gasteiger partial charge in [0.05, 0.1) is 27.6 Å². The molecule has 0 aliphatic carbocycles. The first-order valence-corrected chi connectivity index (χ1v) is 23.9. The first kappa shape index (κ1) is 40.5. The van der Waals surface area contributed by atoms with Crippen LogP contribution < -0.4 is 0 Å². The lowest BCUT2D eigenvalue weighted by atomic mass is 10.1. The van der Waals surface area contributed by atoms with Gasteiger partial charge in [0, 0.05) is 65.9 Å². The van der Waals surface area contributed by atoms with Crippen molar-refractivity contribution in [2.75, 3.05) is 0 Å². The van der Waals surface area contributed by atoms with Gasteiger partial charge in [-0.1, -0.05) is 170 Å². The Hall–Kier alpha value is -9.59. The molecule has 14 aromatic rings. The zero-order valence-corrected chi connectivity index (χ0v) is 38.7. The molecule has 0 atom stereocenters. The normalized spacial score (nSPS) is 12.0. The number of rotatable bonds is 8. The largest absolute Gasteiger partial charge is 0.456 e. The summed E-state index contributed by atoms with van der Waals surface area (Å²) in [7, 11) is 0. The van der Waals surface area contributed by atoms with Crippen LogP contribution in [0.3, 0.4) is 0 Å². The molecule has 0 fully saturated rings. The van der Waals surface area contributed by atoms with E-state index in [-0.39, 0.29) is 0 Å². The predicted molar refractivity (Wildman–Crippen MR) is 293 cm³/mol. The van der Waals surface area contributed by atoms with Crippen LogP contribution in [0.4, 0.5) is 0 Å². The van der Waals surface area contributed by atoms with Crippen LogP contribution in [0.15, 0.2) is 229 Å². The number of fused-ring (bicyclic) bond motifs is 11. The third kappa shape index (κ3) is 6.26. The van der Waals surface area contributed by atoms with Crippen molar-refractivity contribution in [3.05, 3.63) is 236 Å². The van der Waals surface area contributed by atoms with E-state index in [0.29, 0.717) is 17.6 Å². The molecular formula is C64H42N6O. The molecule has 0 unspecified atom stereocenters. The Balaban J connectivity index is 1.14. The van der Waals surface area contributed by atoms with E-state index in [1.54, 1.807) is 0 Å². The van der Waals surface area contributed by atoms with Crippen LogP contribution in [0, 0.1) is 6.92 Å². The van der Waals surface area contributed by atoms with Crippen molar-refractivity contribution >= 4 is 82.5 Å². The summed E-state index contributed by atoms with van der Waals surface area (Å²) in [5.41, 5.74) is 15.3. The molecule has 0 N–H and O–H groups in total. The van der Waals surface area contributed by atoms with Gasteiger partial charge >= 0.3 is 0 Å². The number of aryl methyl sites for hydroxylation is 1. The third-order valence-corrected chi connectivity index (χ3v) is 14.1. The molecular weight excluding hydrogens is 869 g/mol. The number of nitrogens with zero attached hydrogens (tertiary/aromatic N) is 6. The monoisotopic (exact) mass is 910 g/mol. The summed E-state index contributed by atoms with van der Waals surface area (Å²) in [6.45, 7) is 6.21. The fraction of sp³-hybridized carbons (Fsp3) is 0.0156. The van der Waals surface area contributed by atoms with Crippen molar-refractivity contribution in [1.82, 2.24) is 28.7 Å². The summed E-state index contributed by atoms with van der Waals surface area (Å²) in [4.78, 5) is 16.3. The van der Waals surface area contributed by atoms with Gasteiger partial charge in [0.1, 0.15) is 11.2 Å². The van der Waals surface area contributed by atoms with Crippen molar-refractivity contribution in [1.29, 1.82) is 0 Å². The molecule has 0 amide bonds. The van der Waals surface area contributed by atoms with E-state index in [1.165, 1.54) is 10.9 Å². The molecule has 0 aliphatic rings. The summed E-state index contributed by atoms with van der Waals surface area (Å²) >= 11 is 0. The number of hydrogen-bond acceptors (Lipinski definition) is 4. The van der Waals surface area contributed by atoms with Gasteiger partial charge in [0.15, 0.2) is 11.6 Å². The Labute approximate surface area is 408 Å². The first-order chi connectivity index (χ1) is 35.1. The molecule has 0 saturated heterocycles. The molecule has 0 saturated carbocycles. The predicted octanol–water partition coefficient (Wildman–Crippen LogP) is 16.4. The first-order valence-electron chi connectivity index (χ1n) is 23.9. The maximum absolute atomic E-state index is 6.43. The molecule has 0 bridgehead atoms. The van der Waals surface area contributed by atoms with Crippen LogP contribution >= 0.6 is 0 Å². The molecule has 0 aliphatic heterocycles. The Morgan fingerprint density at radius 2 is 1.04 bits per heavy atom. The Morgan fingerprint density at radius 3 is 1.85 bits per heavy atom. The average Bonchev–Trinajstić information content (AvgIpc) is 4.17. The lowest BCUT2D eigenvalue weighted by Crippen LogP contribution is -2.07. The van der Waals surface area contributed by atoms with Crippen molar-refractivity contribution in [2.24, 2.45) is 0 Å². The lowest BCUT2D eigenvalue weighted by molar-refractivity contribution is 0.669. The summed E-state index contributed by atoms with van der Waals surface area (Å²) in [5, 5.41) is 7.58. The van der Waals surface area contributed by atoms with Crippen LogP contribution in [-0.4, -0.2) is 28.7 Å². The van der Waals surface area contributed by atoms with E-state index in [2.05, 4.69) is 191 Å². The third-order valence-electron chi connectivity index (χ3n) is 14.1. The maximum Gasteiger partial charge on any atom is 0.238 e. The number of furan rings is 1. The van der Waals surface area contributed by atoms with Crippen molar-refractivity contribution in [3.8, 4) is 51.2 Å². The second-order valence-corrected chi connectivity index (χ2v) is 18.0. The van der Waals surface area contributed by atoms with Gasteiger partial charge in [-0.2, -0.15) is 9.97 Å². The van der Waals surface area contributed by atoms with Crippen LogP contribution in [-0.2, 0) is 0 Å².